The molecule has 134 valence electrons. The van der Waals surface area contributed by atoms with E-state index in [2.05, 4.69) is 0 Å². The molecule has 0 radical (unpaired) electrons. The number of carbonyl (C=O) groups is 1. The third-order valence-corrected chi connectivity index (χ3v) is 4.32. The Kier molecular flexibility index (Phi) is 9.80. The summed E-state index contributed by atoms with van der Waals surface area (Å²) in [6.07, 6.45) is 4.62. The maximum atomic E-state index is 10.6. The molecule has 0 saturated heterocycles. The Morgan fingerprint density at radius 3 is 1.83 bits per heavy atom. The van der Waals surface area contributed by atoms with Crippen molar-refractivity contribution in [3.8, 4) is 0 Å². The van der Waals surface area contributed by atoms with Crippen LogP contribution in [0.2, 0.25) is 0 Å². The van der Waals surface area contributed by atoms with Crippen LogP contribution in [0.3, 0.4) is 0 Å². The molecule has 2 rings (SSSR count). The van der Waals surface area contributed by atoms with Gasteiger partial charge in [-0.25, -0.2) is 0 Å². The molecule has 0 unspecified atom stereocenters. The zero-order valence-corrected chi connectivity index (χ0v) is 15.6. The van der Waals surface area contributed by atoms with E-state index in [4.69, 9.17) is 21.1 Å². The maximum absolute atomic E-state index is 10.6. The summed E-state index contributed by atoms with van der Waals surface area (Å²) in [6, 6.07) is 5.57. The van der Waals surface area contributed by atoms with E-state index in [0.29, 0.717) is 5.56 Å². The number of carboxylic acid groups (broad SMARTS) is 1. The van der Waals surface area contributed by atoms with Crippen molar-refractivity contribution in [2.45, 2.75) is 49.1 Å². The van der Waals surface area contributed by atoms with Gasteiger partial charge in [-0.15, -0.1) is 0 Å². The van der Waals surface area contributed by atoms with Crippen LogP contribution >= 0.6 is 0 Å². The van der Waals surface area contributed by atoms with E-state index < -0.39 is 16.1 Å². The molecule has 0 heterocycles. The Morgan fingerprint density at radius 1 is 1.09 bits per heavy atom. The van der Waals surface area contributed by atoms with Gasteiger partial charge in [-0.1, -0.05) is 25.0 Å². The minimum Gasteiger partial charge on any atom is -0.481 e. The van der Waals surface area contributed by atoms with Crippen LogP contribution in [0.1, 0.15) is 31.2 Å². The third-order valence-electron chi connectivity index (χ3n) is 3.45. The average Bonchev–Trinajstić information content (AvgIpc) is 2.42. The van der Waals surface area contributed by atoms with Crippen LogP contribution in [0.15, 0.2) is 29.2 Å². The van der Waals surface area contributed by atoms with E-state index in [1.165, 1.54) is 25.0 Å². The number of rotatable bonds is 3. The second-order valence-electron chi connectivity index (χ2n) is 5.30. The molecule has 1 aliphatic rings. The van der Waals surface area contributed by atoms with Crippen molar-refractivity contribution < 1.29 is 43.9 Å². The molecule has 1 fully saturated rings. The average molecular weight is 525 g/mol. The summed E-state index contributed by atoms with van der Waals surface area (Å²) in [5, 5.41) is 8.43. The smallest absolute Gasteiger partial charge is 0.307 e. The van der Waals surface area contributed by atoms with Crippen LogP contribution in [0.5, 0.6) is 0 Å². The largest absolute Gasteiger partial charge is 0.481 e. The van der Waals surface area contributed by atoms with Crippen LogP contribution in [0, 0.1) is 0 Å². The molecule has 1 aromatic carbocycles. The predicted molar refractivity (Wildman–Crippen MR) is 82.0 cm³/mol. The Hall–Kier alpha value is -0.792. The Labute approximate surface area is 150 Å². The summed E-state index contributed by atoms with van der Waals surface area (Å²) >= 11 is 0. The summed E-state index contributed by atoms with van der Waals surface area (Å²) in [4.78, 5) is 10.0. The second kappa shape index (κ2) is 10.2. The van der Waals surface area contributed by atoms with Crippen molar-refractivity contribution in [3.63, 3.8) is 0 Å². The van der Waals surface area contributed by atoms with Crippen molar-refractivity contribution in [1.29, 1.82) is 0 Å². The Morgan fingerprint density at radius 2 is 1.52 bits per heavy atom. The number of aliphatic carboxylic acids is 1. The van der Waals surface area contributed by atoms with E-state index in [9.17, 15) is 13.2 Å². The molecule has 1 aliphatic carbocycles. The number of benzene rings is 1. The first-order valence-corrected chi connectivity index (χ1v) is 8.43. The molecule has 1 saturated carbocycles. The van der Waals surface area contributed by atoms with Crippen molar-refractivity contribution in [1.82, 2.24) is 0 Å². The zero-order valence-electron chi connectivity index (χ0n) is 12.5. The minimum absolute atomic E-state index is 0. The van der Waals surface area contributed by atoms with Gasteiger partial charge in [0.15, 0.2) is 0 Å². The van der Waals surface area contributed by atoms with E-state index in [1.807, 2.05) is 0 Å². The fourth-order valence-corrected chi connectivity index (χ4v) is 2.62. The van der Waals surface area contributed by atoms with Gasteiger partial charge in [0.05, 0.1) is 11.3 Å². The molecule has 2 atom stereocenters. The zero-order chi connectivity index (χ0) is 16.8. The molecule has 0 bridgehead atoms. The van der Waals surface area contributed by atoms with Gasteiger partial charge in [-0.3, -0.25) is 9.35 Å². The van der Waals surface area contributed by atoms with Crippen LogP contribution in [0.4, 0.5) is 0 Å². The number of nitrogens with two attached hydrogens (primary N) is 2. The van der Waals surface area contributed by atoms with E-state index in [0.717, 1.165) is 25.0 Å². The van der Waals surface area contributed by atoms with Crippen LogP contribution in [-0.2, 0) is 42.4 Å². The minimum atomic E-state index is -4.20. The van der Waals surface area contributed by atoms with Crippen LogP contribution in [0.25, 0.3) is 0 Å². The fraction of sp³-hybridized carbons (Fsp3) is 0.500. The molecule has 0 amide bonds. The Balaban J connectivity index is 0.000000460. The molecule has 0 aromatic heterocycles. The molecule has 7 nitrogen and oxygen atoms in total. The third kappa shape index (κ3) is 8.57. The molecule has 6 N–H and O–H groups in total. The van der Waals surface area contributed by atoms with Gasteiger partial charge in [0.2, 0.25) is 0 Å². The number of carboxylic acids is 1. The standard InChI is InChI=1S/C8H8O5S.C6H14N2.Pt/c9-8(10)5-6-1-3-7(4-2-6)14(11,12)13;7-5-3-1-2-4-6(5)8;/h1-4H,5H2,(H,9,10)(H,11,12,13);5-6H,1-4,7-8H2;/t;5-,6-;/m.1./s1. The number of hydrogen-bond acceptors (Lipinski definition) is 5. The number of hydrogen-bond donors (Lipinski definition) is 4. The van der Waals surface area contributed by atoms with Crippen molar-refractivity contribution in [3.05, 3.63) is 29.8 Å². The summed E-state index contributed by atoms with van der Waals surface area (Å²) in [5.41, 5.74) is 11.8. The van der Waals surface area contributed by atoms with Crippen LogP contribution < -0.4 is 11.5 Å². The Bertz CT molecular complexity index is 582. The van der Waals surface area contributed by atoms with E-state index >= 15 is 0 Å². The topological polar surface area (TPSA) is 144 Å². The van der Waals surface area contributed by atoms with Crippen molar-refractivity contribution in [2.24, 2.45) is 11.5 Å². The first-order valence-electron chi connectivity index (χ1n) is 6.99. The van der Waals surface area contributed by atoms with Gasteiger partial charge >= 0.3 is 5.97 Å². The second-order valence-corrected chi connectivity index (χ2v) is 6.72. The van der Waals surface area contributed by atoms with Gasteiger partial charge in [-0.05, 0) is 30.5 Å². The molecule has 0 aliphatic heterocycles. The molecular weight excluding hydrogens is 503 g/mol. The molecule has 0 spiro atoms. The summed E-state index contributed by atoms with van der Waals surface area (Å²) in [5.74, 6) is -0.996. The van der Waals surface area contributed by atoms with Gasteiger partial charge in [0, 0.05) is 33.1 Å². The predicted octanol–water partition coefficient (Wildman–Crippen LogP) is 0.773. The first-order chi connectivity index (χ1) is 10.2. The van der Waals surface area contributed by atoms with E-state index in [1.54, 1.807) is 0 Å². The van der Waals surface area contributed by atoms with Crippen LogP contribution in [-0.4, -0.2) is 36.1 Å². The fourth-order valence-electron chi connectivity index (χ4n) is 2.14. The first kappa shape index (κ1) is 22.2. The quantitative estimate of drug-likeness (QED) is 0.427. The summed E-state index contributed by atoms with van der Waals surface area (Å²) in [6.45, 7) is 0. The molecule has 23 heavy (non-hydrogen) atoms. The molecule has 1 aromatic rings. The van der Waals surface area contributed by atoms with Crippen molar-refractivity contribution >= 4 is 16.1 Å². The van der Waals surface area contributed by atoms with Gasteiger partial charge in [-0.2, -0.15) is 8.42 Å². The van der Waals surface area contributed by atoms with Gasteiger partial charge in [0.25, 0.3) is 10.1 Å². The molecular formula is C14H22N2O5PtS. The van der Waals surface area contributed by atoms with Gasteiger partial charge in [0.1, 0.15) is 0 Å². The van der Waals surface area contributed by atoms with E-state index in [-0.39, 0.29) is 44.5 Å². The maximum Gasteiger partial charge on any atom is 0.307 e. The normalized spacial score (nSPS) is 20.7. The van der Waals surface area contributed by atoms with Gasteiger partial charge < -0.3 is 16.6 Å². The SMILES string of the molecule is N[C@@H]1CCCC[C@H]1N.O=C(O)Cc1ccc(S(=O)(=O)O)cc1.[Pt]. The summed E-state index contributed by atoms with van der Waals surface area (Å²) in [7, 11) is -4.20. The summed E-state index contributed by atoms with van der Waals surface area (Å²) < 4.78 is 29.8. The molecule has 9 heteroatoms. The van der Waals surface area contributed by atoms with Crippen molar-refractivity contribution in [2.75, 3.05) is 0 Å². The monoisotopic (exact) mass is 525 g/mol.